The number of hydrogen-bond acceptors (Lipinski definition) is 6. The number of aryl methyl sites for hydroxylation is 1. The molecule has 0 spiro atoms. The standard InChI is InChI=1S/C22H28BrN7O2S/c1-13(2)29-6-4-15(5-7-29)9-25-22(32)27-16-8-18(14(3)24-10-16)28-20(31)17-11-26-30-12-19(23)33-21(17)30/h8,10-13,15H,4-7,9H2,1-3H3,(H,28,31)(H2,25,27,32). The second kappa shape index (κ2) is 10.2. The molecule has 0 unspecified atom stereocenters. The first-order valence-corrected chi connectivity index (χ1v) is 12.6. The minimum absolute atomic E-state index is 0.272. The van der Waals surface area contributed by atoms with Gasteiger partial charge in [0.05, 0.1) is 45.0 Å². The molecule has 1 aliphatic rings. The molecule has 3 aromatic heterocycles. The number of aromatic nitrogens is 3. The zero-order valence-electron chi connectivity index (χ0n) is 18.9. The van der Waals surface area contributed by atoms with E-state index in [1.807, 2.05) is 0 Å². The lowest BCUT2D eigenvalue weighted by Gasteiger charge is -2.34. The SMILES string of the molecule is Cc1ncc(NC(=O)NCC2CCN(C(C)C)CC2)cc1NC(=O)c1cnn2cc(Br)sc12. The van der Waals surface area contributed by atoms with E-state index in [4.69, 9.17) is 0 Å². The monoisotopic (exact) mass is 533 g/mol. The van der Waals surface area contributed by atoms with Crippen molar-refractivity contribution >= 4 is 55.4 Å². The van der Waals surface area contributed by atoms with E-state index in [1.165, 1.54) is 17.5 Å². The summed E-state index contributed by atoms with van der Waals surface area (Å²) in [6, 6.07) is 2.01. The number of amides is 3. The molecule has 1 aliphatic heterocycles. The number of anilines is 2. The third-order valence-corrected chi connectivity index (χ3v) is 7.53. The number of fused-ring (bicyclic) bond motifs is 1. The summed E-state index contributed by atoms with van der Waals surface area (Å²) < 4.78 is 2.55. The third-order valence-electron chi connectivity index (χ3n) is 5.94. The maximum Gasteiger partial charge on any atom is 0.319 e. The second-order valence-corrected chi connectivity index (χ2v) is 11.0. The molecule has 33 heavy (non-hydrogen) atoms. The third kappa shape index (κ3) is 5.71. The first-order chi connectivity index (χ1) is 15.8. The highest BCUT2D eigenvalue weighted by atomic mass is 79.9. The molecular formula is C22H28BrN7O2S. The summed E-state index contributed by atoms with van der Waals surface area (Å²) in [6.45, 7) is 9.03. The number of carbonyl (C=O) groups excluding carboxylic acids is 2. The minimum atomic E-state index is -0.279. The Balaban J connectivity index is 1.33. The average Bonchev–Trinajstić information content (AvgIpc) is 3.33. The van der Waals surface area contributed by atoms with Crippen LogP contribution in [0.4, 0.5) is 16.2 Å². The molecule has 1 saturated heterocycles. The Morgan fingerprint density at radius 3 is 2.73 bits per heavy atom. The van der Waals surface area contributed by atoms with Gasteiger partial charge in [0, 0.05) is 12.6 Å². The van der Waals surface area contributed by atoms with E-state index in [1.54, 1.807) is 29.9 Å². The Morgan fingerprint density at radius 1 is 1.24 bits per heavy atom. The molecule has 4 rings (SSSR count). The summed E-state index contributed by atoms with van der Waals surface area (Å²) in [4.78, 5) is 32.8. The Morgan fingerprint density at radius 2 is 2.00 bits per heavy atom. The fourth-order valence-electron chi connectivity index (χ4n) is 3.92. The van der Waals surface area contributed by atoms with Crippen LogP contribution in [0.5, 0.6) is 0 Å². The molecule has 11 heteroatoms. The van der Waals surface area contributed by atoms with Crippen molar-refractivity contribution in [3.63, 3.8) is 0 Å². The summed E-state index contributed by atoms with van der Waals surface area (Å²) in [7, 11) is 0. The maximum absolute atomic E-state index is 12.8. The molecular weight excluding hydrogens is 506 g/mol. The van der Waals surface area contributed by atoms with E-state index in [2.05, 4.69) is 60.7 Å². The first-order valence-electron chi connectivity index (χ1n) is 11.0. The topological polar surface area (TPSA) is 104 Å². The van der Waals surface area contributed by atoms with Gasteiger partial charge in [-0.25, -0.2) is 9.31 Å². The van der Waals surface area contributed by atoms with Gasteiger partial charge < -0.3 is 20.9 Å². The molecule has 3 amide bonds. The van der Waals surface area contributed by atoms with Crippen LogP contribution in [0, 0.1) is 12.8 Å². The number of pyridine rings is 1. The lowest BCUT2D eigenvalue weighted by atomic mass is 9.96. The van der Waals surface area contributed by atoms with Crippen molar-refractivity contribution in [2.45, 2.75) is 39.7 Å². The van der Waals surface area contributed by atoms with Crippen LogP contribution in [0.2, 0.25) is 0 Å². The number of halogens is 1. The highest BCUT2D eigenvalue weighted by Gasteiger charge is 2.21. The zero-order chi connectivity index (χ0) is 23.5. The number of carbonyl (C=O) groups is 2. The number of thiazole rings is 1. The van der Waals surface area contributed by atoms with Crippen molar-refractivity contribution in [2.75, 3.05) is 30.3 Å². The highest BCUT2D eigenvalue weighted by Crippen LogP contribution is 2.27. The van der Waals surface area contributed by atoms with Gasteiger partial charge in [0.1, 0.15) is 4.83 Å². The molecule has 9 nitrogen and oxygen atoms in total. The second-order valence-electron chi connectivity index (χ2n) is 8.56. The van der Waals surface area contributed by atoms with E-state index in [0.717, 1.165) is 34.5 Å². The molecule has 1 fully saturated rings. The summed E-state index contributed by atoms with van der Waals surface area (Å²) in [5.41, 5.74) is 2.18. The molecule has 4 heterocycles. The van der Waals surface area contributed by atoms with E-state index < -0.39 is 0 Å². The van der Waals surface area contributed by atoms with Crippen LogP contribution in [0.3, 0.4) is 0 Å². The summed E-state index contributed by atoms with van der Waals surface area (Å²) in [5.74, 6) is 0.209. The van der Waals surface area contributed by atoms with Gasteiger partial charge in [0.25, 0.3) is 5.91 Å². The van der Waals surface area contributed by atoms with Crippen LogP contribution < -0.4 is 16.0 Å². The molecule has 0 bridgehead atoms. The maximum atomic E-state index is 12.8. The van der Waals surface area contributed by atoms with E-state index in [0.29, 0.717) is 41.1 Å². The van der Waals surface area contributed by atoms with Gasteiger partial charge in [-0.05, 0) is 74.6 Å². The fraction of sp³-hybridized carbons (Fsp3) is 0.455. The first kappa shape index (κ1) is 23.7. The predicted molar refractivity (Wildman–Crippen MR) is 134 cm³/mol. The molecule has 0 saturated carbocycles. The lowest BCUT2D eigenvalue weighted by Crippen LogP contribution is -2.42. The van der Waals surface area contributed by atoms with Crippen molar-refractivity contribution in [1.82, 2.24) is 24.8 Å². The van der Waals surface area contributed by atoms with Crippen molar-refractivity contribution in [1.29, 1.82) is 0 Å². The molecule has 0 aromatic carbocycles. The molecule has 0 atom stereocenters. The molecule has 3 aromatic rings. The van der Waals surface area contributed by atoms with Gasteiger partial charge in [0.2, 0.25) is 0 Å². The summed E-state index contributed by atoms with van der Waals surface area (Å²) in [6.07, 6.45) is 7.10. The van der Waals surface area contributed by atoms with Gasteiger partial charge in [-0.3, -0.25) is 9.78 Å². The van der Waals surface area contributed by atoms with Gasteiger partial charge in [-0.15, -0.1) is 11.3 Å². The quantitative estimate of drug-likeness (QED) is 0.436. The number of urea groups is 1. The highest BCUT2D eigenvalue weighted by molar-refractivity contribution is 9.11. The number of hydrogen-bond donors (Lipinski definition) is 3. The number of likely N-dealkylation sites (tertiary alicyclic amines) is 1. The molecule has 176 valence electrons. The predicted octanol–water partition coefficient (Wildman–Crippen LogP) is 4.36. The van der Waals surface area contributed by atoms with Crippen molar-refractivity contribution in [3.8, 4) is 0 Å². The van der Waals surface area contributed by atoms with Crippen LogP contribution in [-0.2, 0) is 0 Å². The molecule has 0 radical (unpaired) electrons. The van der Waals surface area contributed by atoms with Crippen molar-refractivity contribution in [3.05, 3.63) is 39.7 Å². The fourth-order valence-corrected chi connectivity index (χ4v) is 5.36. The minimum Gasteiger partial charge on any atom is -0.338 e. The van der Waals surface area contributed by atoms with E-state index in [-0.39, 0.29) is 11.9 Å². The largest absolute Gasteiger partial charge is 0.338 e. The molecule has 3 N–H and O–H groups in total. The number of piperidine rings is 1. The number of nitrogens with zero attached hydrogens (tertiary/aromatic N) is 4. The summed E-state index contributed by atoms with van der Waals surface area (Å²) in [5, 5.41) is 12.9. The van der Waals surface area contributed by atoms with Crippen LogP contribution >= 0.6 is 27.3 Å². The Labute approximate surface area is 205 Å². The number of rotatable bonds is 6. The van der Waals surface area contributed by atoms with Crippen molar-refractivity contribution < 1.29 is 9.59 Å². The van der Waals surface area contributed by atoms with Gasteiger partial charge in [-0.2, -0.15) is 5.10 Å². The number of nitrogens with one attached hydrogen (secondary N) is 3. The van der Waals surface area contributed by atoms with Gasteiger partial charge in [-0.1, -0.05) is 0 Å². The zero-order valence-corrected chi connectivity index (χ0v) is 21.3. The van der Waals surface area contributed by atoms with E-state index >= 15 is 0 Å². The summed E-state index contributed by atoms with van der Waals surface area (Å²) >= 11 is 4.84. The normalized spacial score (nSPS) is 15.2. The van der Waals surface area contributed by atoms with Crippen molar-refractivity contribution in [2.24, 2.45) is 5.92 Å². The smallest absolute Gasteiger partial charge is 0.319 e. The Bertz CT molecular complexity index is 1150. The van der Waals surface area contributed by atoms with Gasteiger partial charge in [0.15, 0.2) is 0 Å². The lowest BCUT2D eigenvalue weighted by molar-refractivity contribution is 0.102. The van der Waals surface area contributed by atoms with Gasteiger partial charge >= 0.3 is 6.03 Å². The molecule has 0 aliphatic carbocycles. The van der Waals surface area contributed by atoms with Crippen LogP contribution in [-0.4, -0.2) is 57.1 Å². The average molecular weight is 534 g/mol. The Kier molecular flexibility index (Phi) is 7.30. The van der Waals surface area contributed by atoms with E-state index in [9.17, 15) is 9.59 Å². The van der Waals surface area contributed by atoms with Crippen LogP contribution in [0.25, 0.3) is 4.83 Å². The van der Waals surface area contributed by atoms with Crippen LogP contribution in [0.1, 0.15) is 42.7 Å². The Hall–Kier alpha value is -2.50. The van der Waals surface area contributed by atoms with Crippen LogP contribution in [0.15, 0.2) is 28.4 Å².